The van der Waals surface area contributed by atoms with Crippen molar-refractivity contribution in [3.05, 3.63) is 60.0 Å². The van der Waals surface area contributed by atoms with Gasteiger partial charge in [0.15, 0.2) is 0 Å². The van der Waals surface area contributed by atoms with Gasteiger partial charge in [0.1, 0.15) is 6.54 Å². The van der Waals surface area contributed by atoms with Gasteiger partial charge in [0, 0.05) is 30.9 Å². The van der Waals surface area contributed by atoms with E-state index in [1.54, 1.807) is 17.1 Å². The fourth-order valence-corrected chi connectivity index (χ4v) is 3.77. The van der Waals surface area contributed by atoms with Gasteiger partial charge in [0.2, 0.25) is 5.91 Å². The molecular formula is C21H22N4O3. The number of likely N-dealkylation sites (tertiary alicyclic amines) is 1. The summed E-state index contributed by atoms with van der Waals surface area (Å²) in [6.07, 6.45) is 6.79. The number of hydrogen-bond acceptors (Lipinski definition) is 5. The molecule has 3 aromatic rings. The molecule has 0 N–H and O–H groups in total. The minimum Gasteiger partial charge on any atom is -0.465 e. The molecule has 0 spiro atoms. The molecule has 7 nitrogen and oxygen atoms in total. The lowest BCUT2D eigenvalue weighted by atomic mass is 9.99. The van der Waals surface area contributed by atoms with E-state index in [1.165, 1.54) is 13.3 Å². The Kier molecular flexibility index (Phi) is 5.06. The van der Waals surface area contributed by atoms with E-state index in [4.69, 9.17) is 4.74 Å². The maximum absolute atomic E-state index is 12.7. The van der Waals surface area contributed by atoms with Gasteiger partial charge in [-0.2, -0.15) is 5.10 Å². The van der Waals surface area contributed by atoms with Gasteiger partial charge in [-0.25, -0.2) is 4.79 Å². The number of amides is 1. The van der Waals surface area contributed by atoms with E-state index >= 15 is 0 Å². The topological polar surface area (TPSA) is 77.3 Å². The zero-order valence-corrected chi connectivity index (χ0v) is 15.7. The third-order valence-electron chi connectivity index (χ3n) is 5.21. The van der Waals surface area contributed by atoms with Gasteiger partial charge in [0.25, 0.3) is 0 Å². The summed E-state index contributed by atoms with van der Waals surface area (Å²) >= 11 is 0. The lowest BCUT2D eigenvalue weighted by Crippen LogP contribution is -2.32. The zero-order chi connectivity index (χ0) is 19.5. The Bertz CT molecular complexity index is 1010. The molecule has 1 atom stereocenters. The summed E-state index contributed by atoms with van der Waals surface area (Å²) < 4.78 is 6.51. The first-order valence-electron chi connectivity index (χ1n) is 9.34. The molecule has 3 heterocycles. The summed E-state index contributed by atoms with van der Waals surface area (Å²) in [6.45, 7) is 1.70. The van der Waals surface area contributed by atoms with E-state index in [-0.39, 0.29) is 18.4 Å². The summed E-state index contributed by atoms with van der Waals surface area (Å²) in [4.78, 5) is 30.4. The zero-order valence-electron chi connectivity index (χ0n) is 15.7. The first-order chi connectivity index (χ1) is 13.6. The van der Waals surface area contributed by atoms with Crippen molar-refractivity contribution >= 4 is 22.8 Å². The van der Waals surface area contributed by atoms with Gasteiger partial charge in [-0.15, -0.1) is 0 Å². The normalized spacial score (nSPS) is 16.5. The van der Waals surface area contributed by atoms with Crippen LogP contribution in [-0.2, 0) is 22.5 Å². The average Bonchev–Trinajstić information content (AvgIpc) is 3.35. The van der Waals surface area contributed by atoms with Crippen molar-refractivity contribution < 1.29 is 14.3 Å². The Morgan fingerprint density at radius 2 is 2.07 bits per heavy atom. The summed E-state index contributed by atoms with van der Waals surface area (Å²) in [5.74, 6) is 0.0508. The number of carbonyl (C=O) groups is 2. The lowest BCUT2D eigenvalue weighted by molar-refractivity contribution is -0.131. The molecule has 7 heteroatoms. The largest absolute Gasteiger partial charge is 0.465 e. The van der Waals surface area contributed by atoms with Gasteiger partial charge in [0.05, 0.1) is 24.4 Å². The van der Waals surface area contributed by atoms with E-state index in [1.807, 2.05) is 35.2 Å². The number of esters is 1. The summed E-state index contributed by atoms with van der Waals surface area (Å²) in [7, 11) is 1.36. The molecule has 0 saturated carbocycles. The first-order valence-corrected chi connectivity index (χ1v) is 9.34. The van der Waals surface area contributed by atoms with Crippen LogP contribution in [0, 0.1) is 5.92 Å². The SMILES string of the molecule is COC(=O)c1cncc(CC2CCN(C(=O)Cn3ncc4ccccc43)C2)c1. The van der Waals surface area contributed by atoms with Crippen molar-refractivity contribution in [2.45, 2.75) is 19.4 Å². The van der Waals surface area contributed by atoms with Crippen molar-refractivity contribution in [1.82, 2.24) is 19.7 Å². The number of aromatic nitrogens is 3. The number of rotatable bonds is 5. The van der Waals surface area contributed by atoms with Crippen molar-refractivity contribution in [2.75, 3.05) is 20.2 Å². The maximum Gasteiger partial charge on any atom is 0.339 e. The Morgan fingerprint density at radius 1 is 1.21 bits per heavy atom. The Labute approximate surface area is 162 Å². The monoisotopic (exact) mass is 378 g/mol. The molecule has 0 aliphatic carbocycles. The third kappa shape index (κ3) is 3.74. The van der Waals surface area contributed by atoms with Gasteiger partial charge in [-0.1, -0.05) is 18.2 Å². The quantitative estimate of drug-likeness (QED) is 0.637. The van der Waals surface area contributed by atoms with E-state index in [0.29, 0.717) is 18.0 Å². The van der Waals surface area contributed by atoms with Crippen LogP contribution in [0.25, 0.3) is 10.9 Å². The number of pyridine rings is 1. The molecular weight excluding hydrogens is 356 g/mol. The van der Waals surface area contributed by atoms with Crippen LogP contribution < -0.4 is 0 Å². The third-order valence-corrected chi connectivity index (χ3v) is 5.21. The van der Waals surface area contributed by atoms with Crippen molar-refractivity contribution in [3.8, 4) is 0 Å². The number of hydrogen-bond donors (Lipinski definition) is 0. The van der Waals surface area contributed by atoms with Crippen LogP contribution in [0.1, 0.15) is 22.3 Å². The van der Waals surface area contributed by atoms with E-state index < -0.39 is 0 Å². The summed E-state index contributed by atoms with van der Waals surface area (Å²) in [5.41, 5.74) is 2.41. The lowest BCUT2D eigenvalue weighted by Gasteiger charge is -2.17. The van der Waals surface area contributed by atoms with Gasteiger partial charge in [-0.3, -0.25) is 14.5 Å². The number of ether oxygens (including phenoxy) is 1. The second kappa shape index (κ2) is 7.80. The van der Waals surface area contributed by atoms with E-state index in [2.05, 4.69) is 10.1 Å². The Morgan fingerprint density at radius 3 is 2.93 bits per heavy atom. The van der Waals surface area contributed by atoms with Gasteiger partial charge < -0.3 is 9.64 Å². The number of nitrogens with zero attached hydrogens (tertiary/aromatic N) is 4. The molecule has 28 heavy (non-hydrogen) atoms. The average molecular weight is 378 g/mol. The van der Waals surface area contributed by atoms with Crippen LogP contribution in [0.4, 0.5) is 0 Å². The molecule has 144 valence electrons. The number of benzene rings is 1. The molecule has 0 radical (unpaired) electrons. The molecule has 1 aromatic carbocycles. The number of carbonyl (C=O) groups excluding carboxylic acids is 2. The molecule has 4 rings (SSSR count). The molecule has 1 fully saturated rings. The second-order valence-electron chi connectivity index (χ2n) is 7.13. The van der Waals surface area contributed by atoms with Gasteiger partial charge in [-0.05, 0) is 36.5 Å². The second-order valence-corrected chi connectivity index (χ2v) is 7.13. The standard InChI is InChI=1S/C21H22N4O3/c1-28-21(27)18-9-16(10-22-11-18)8-15-6-7-24(13-15)20(26)14-25-19-5-3-2-4-17(19)12-23-25/h2-5,9-12,15H,6-8,13-14H2,1H3. The number of fused-ring (bicyclic) bond motifs is 1. The van der Waals surface area contributed by atoms with Crippen LogP contribution in [0.5, 0.6) is 0 Å². The van der Waals surface area contributed by atoms with Crippen LogP contribution in [0.15, 0.2) is 48.9 Å². The first kappa shape index (κ1) is 18.2. The molecule has 0 bridgehead atoms. The molecule has 1 aliphatic rings. The summed E-state index contributed by atoms with van der Waals surface area (Å²) in [5, 5.41) is 5.38. The highest BCUT2D eigenvalue weighted by molar-refractivity contribution is 5.89. The predicted molar refractivity (Wildman–Crippen MR) is 104 cm³/mol. The molecule has 1 amide bonds. The molecule has 1 unspecified atom stereocenters. The van der Waals surface area contributed by atoms with Crippen LogP contribution >= 0.6 is 0 Å². The maximum atomic E-state index is 12.7. The van der Waals surface area contributed by atoms with E-state index in [9.17, 15) is 9.59 Å². The minimum atomic E-state index is -0.385. The Balaban J connectivity index is 1.37. The predicted octanol–water partition coefficient (Wildman–Crippen LogP) is 2.31. The fraction of sp³-hybridized carbons (Fsp3) is 0.333. The molecule has 1 saturated heterocycles. The van der Waals surface area contributed by atoms with Gasteiger partial charge >= 0.3 is 5.97 Å². The highest BCUT2D eigenvalue weighted by Crippen LogP contribution is 2.22. The molecule has 2 aromatic heterocycles. The number of methoxy groups -OCH3 is 1. The van der Waals surface area contributed by atoms with Crippen LogP contribution in [0.2, 0.25) is 0 Å². The number of para-hydroxylation sites is 1. The van der Waals surface area contributed by atoms with Crippen molar-refractivity contribution in [1.29, 1.82) is 0 Å². The molecule has 1 aliphatic heterocycles. The smallest absolute Gasteiger partial charge is 0.339 e. The Hall–Kier alpha value is -3.22. The van der Waals surface area contributed by atoms with Crippen LogP contribution in [0.3, 0.4) is 0 Å². The highest BCUT2D eigenvalue weighted by Gasteiger charge is 2.27. The van der Waals surface area contributed by atoms with Crippen LogP contribution in [-0.4, -0.2) is 51.7 Å². The fourth-order valence-electron chi connectivity index (χ4n) is 3.77. The van der Waals surface area contributed by atoms with Crippen molar-refractivity contribution in [3.63, 3.8) is 0 Å². The summed E-state index contributed by atoms with van der Waals surface area (Å²) in [6, 6.07) is 9.70. The van der Waals surface area contributed by atoms with Crippen molar-refractivity contribution in [2.24, 2.45) is 5.92 Å². The van der Waals surface area contributed by atoms with E-state index in [0.717, 1.165) is 35.9 Å². The minimum absolute atomic E-state index is 0.0813. The highest BCUT2D eigenvalue weighted by atomic mass is 16.5.